The number of rotatable bonds is 13. The highest BCUT2D eigenvalue weighted by Crippen LogP contribution is 2.38. The van der Waals surface area contributed by atoms with Crippen LogP contribution in [0.3, 0.4) is 0 Å². The van der Waals surface area contributed by atoms with Crippen LogP contribution in [-0.2, 0) is 0 Å². The predicted octanol–water partition coefficient (Wildman–Crippen LogP) is 17.0. The lowest BCUT2D eigenvalue weighted by Gasteiger charge is -2.37. The van der Waals surface area contributed by atoms with E-state index in [0.29, 0.717) is 17.9 Å². The molecular weight excluding hydrogens is 729 g/mol. The molecule has 1 unspecified atom stereocenters. The second-order valence-electron chi connectivity index (χ2n) is 13.3. The topological polar surface area (TPSA) is 67.3 Å². The summed E-state index contributed by atoms with van der Waals surface area (Å²) in [6.07, 6.45) is 36.7. The molecule has 4 heteroatoms. The van der Waals surface area contributed by atoms with Gasteiger partial charge in [-0.15, -0.1) is 6.58 Å². The van der Waals surface area contributed by atoms with E-state index in [1.165, 1.54) is 80.8 Å². The minimum atomic E-state index is 0.406. The molecule has 5 N–H and O–H groups in total. The summed E-state index contributed by atoms with van der Waals surface area (Å²) in [5.74, 6) is 2.98. The molecule has 2 aliphatic carbocycles. The SMILES string of the molecule is C=CC1CCC(C)CC1.C=CN.C=C\C(=C/C=C(C)/C=C/C(/C=C\C(=C)[C@H](C)CC)=C/C=C/N)C1CCCN1C(=C)C1CCC1.CC.CC.CC.CC.CC.CC.CNC. The van der Waals surface area contributed by atoms with Crippen molar-refractivity contribution in [3.05, 3.63) is 134 Å². The molecular formula is C56H108N4. The average Bonchev–Trinajstić information content (AvgIpc) is 3.78. The summed E-state index contributed by atoms with van der Waals surface area (Å²) in [4.78, 5) is 2.53. The van der Waals surface area contributed by atoms with Crippen LogP contribution in [0.4, 0.5) is 0 Å². The van der Waals surface area contributed by atoms with Crippen LogP contribution in [0.25, 0.3) is 0 Å². The molecule has 0 radical (unpaired) electrons. The lowest BCUT2D eigenvalue weighted by atomic mass is 9.82. The average molecular weight is 838 g/mol. The van der Waals surface area contributed by atoms with Crippen LogP contribution in [-0.4, -0.2) is 31.6 Å². The zero-order valence-corrected chi connectivity index (χ0v) is 43.7. The number of allylic oxidation sites excluding steroid dienone is 13. The maximum Gasteiger partial charge on any atom is 0.0539 e. The van der Waals surface area contributed by atoms with Gasteiger partial charge in [0.15, 0.2) is 0 Å². The molecule has 2 atom stereocenters. The monoisotopic (exact) mass is 837 g/mol. The quantitative estimate of drug-likeness (QED) is 0.128. The van der Waals surface area contributed by atoms with Gasteiger partial charge < -0.3 is 21.7 Å². The molecule has 0 aromatic carbocycles. The van der Waals surface area contributed by atoms with Crippen molar-refractivity contribution < 1.29 is 0 Å². The van der Waals surface area contributed by atoms with E-state index in [-0.39, 0.29) is 0 Å². The number of hydrogen-bond acceptors (Lipinski definition) is 4. The maximum atomic E-state index is 5.55. The van der Waals surface area contributed by atoms with Crippen molar-refractivity contribution in [1.29, 1.82) is 0 Å². The first-order valence-corrected chi connectivity index (χ1v) is 24.2. The number of nitrogens with zero attached hydrogens (tertiary/aromatic N) is 1. The summed E-state index contributed by atoms with van der Waals surface area (Å²) in [6, 6.07) is 0.406. The molecule has 60 heavy (non-hydrogen) atoms. The van der Waals surface area contributed by atoms with Crippen LogP contribution in [0.15, 0.2) is 134 Å². The molecule has 0 bridgehead atoms. The summed E-state index contributed by atoms with van der Waals surface area (Å²) >= 11 is 0. The van der Waals surface area contributed by atoms with Crippen LogP contribution in [0, 0.1) is 23.7 Å². The highest BCUT2D eigenvalue weighted by molar-refractivity contribution is 5.41. The van der Waals surface area contributed by atoms with Gasteiger partial charge >= 0.3 is 0 Å². The molecule has 0 aromatic rings. The molecule has 352 valence electrons. The summed E-state index contributed by atoms with van der Waals surface area (Å²) in [6.45, 7) is 53.7. The van der Waals surface area contributed by atoms with E-state index in [0.717, 1.165) is 35.9 Å². The first-order valence-electron chi connectivity index (χ1n) is 24.2. The lowest BCUT2D eigenvalue weighted by molar-refractivity contribution is 0.250. The minimum absolute atomic E-state index is 0.406. The number of nitrogens with two attached hydrogens (primary N) is 2. The van der Waals surface area contributed by atoms with Crippen molar-refractivity contribution in [1.82, 2.24) is 10.2 Å². The molecule has 0 spiro atoms. The highest BCUT2D eigenvalue weighted by atomic mass is 15.2. The van der Waals surface area contributed by atoms with E-state index >= 15 is 0 Å². The standard InChI is InChI=1S/C31H44N2.C9H16.C2H7N.C2H5N.6C2H6/c1-7-25(4)26(5)18-20-28(12-10-22-32)19-16-24(3)17-21-29(8-2)31-15-11-23-33(31)27(6)30-13-9-14-30;1-3-9-6-4-8(2)5-7-9;1-3-2;1-2-3;6*1-2/h8,10,12,16-22,25,30-31H,2,5-7,9,11,13-15,23,32H2,1,3-4H3;3,8-9H,1,4-7H2,2H3;3H,1-2H3;2H,1,3H2;6*1-2H3/b19-16+,20-18-,22-10+,24-17+,28-12-,29-21+;;;;;;;;;/t25-,31?;;;;;;;;;/m1........./s1. The Labute approximate surface area is 379 Å². The molecule has 3 aliphatic rings. The summed E-state index contributed by atoms with van der Waals surface area (Å²) in [7, 11) is 3.75. The summed E-state index contributed by atoms with van der Waals surface area (Å²) in [5, 5.41) is 2.75. The van der Waals surface area contributed by atoms with Crippen LogP contribution in [0.1, 0.15) is 175 Å². The molecule has 1 heterocycles. The van der Waals surface area contributed by atoms with E-state index in [4.69, 9.17) is 5.73 Å². The van der Waals surface area contributed by atoms with Crippen LogP contribution < -0.4 is 16.8 Å². The number of hydrogen-bond donors (Lipinski definition) is 3. The largest absolute Gasteiger partial charge is 0.405 e. The third kappa shape index (κ3) is 38.7. The van der Waals surface area contributed by atoms with Gasteiger partial charge in [-0.25, -0.2) is 0 Å². The van der Waals surface area contributed by atoms with Gasteiger partial charge in [-0.05, 0) is 119 Å². The Kier molecular flexibility index (Phi) is 68.2. The van der Waals surface area contributed by atoms with Crippen molar-refractivity contribution in [2.75, 3.05) is 20.6 Å². The van der Waals surface area contributed by atoms with E-state index in [2.05, 4.69) is 119 Å². The van der Waals surface area contributed by atoms with Gasteiger partial charge in [-0.1, -0.05) is 215 Å². The fraction of sp³-hybridized carbons (Fsp3) is 0.607. The van der Waals surface area contributed by atoms with Crippen molar-refractivity contribution in [3.8, 4) is 0 Å². The fourth-order valence-electron chi connectivity index (χ4n) is 5.74. The first-order chi connectivity index (χ1) is 29.1. The molecule has 0 aromatic heterocycles. The second kappa shape index (κ2) is 57.6. The molecule has 1 aliphatic heterocycles. The van der Waals surface area contributed by atoms with Crippen LogP contribution in [0.2, 0.25) is 0 Å². The van der Waals surface area contributed by atoms with Gasteiger partial charge in [0.2, 0.25) is 0 Å². The normalized spacial score (nSPS) is 18.5. The zero-order chi connectivity index (χ0) is 48.3. The molecule has 3 fully saturated rings. The Morgan fingerprint density at radius 2 is 1.20 bits per heavy atom. The van der Waals surface area contributed by atoms with Crippen molar-refractivity contribution >= 4 is 0 Å². The predicted molar refractivity (Wildman–Crippen MR) is 285 cm³/mol. The number of nitrogens with one attached hydrogen (secondary N) is 1. The molecule has 1 saturated heterocycles. The van der Waals surface area contributed by atoms with E-state index in [1.54, 1.807) is 6.20 Å². The Morgan fingerprint density at radius 3 is 1.60 bits per heavy atom. The Hall–Kier alpha value is -3.50. The van der Waals surface area contributed by atoms with E-state index in [9.17, 15) is 0 Å². The Balaban J connectivity index is -0.000000171. The summed E-state index contributed by atoms with van der Waals surface area (Å²) in [5.41, 5.74) is 16.2. The van der Waals surface area contributed by atoms with Crippen LogP contribution >= 0.6 is 0 Å². The Bertz CT molecular complexity index is 1130. The smallest absolute Gasteiger partial charge is 0.0539 e. The third-order valence-corrected chi connectivity index (χ3v) is 9.42. The fourth-order valence-corrected chi connectivity index (χ4v) is 5.74. The minimum Gasteiger partial charge on any atom is -0.405 e. The van der Waals surface area contributed by atoms with Crippen molar-refractivity contribution in [3.63, 3.8) is 0 Å². The van der Waals surface area contributed by atoms with E-state index < -0.39 is 0 Å². The van der Waals surface area contributed by atoms with Crippen LogP contribution in [0.5, 0.6) is 0 Å². The molecule has 3 rings (SSSR count). The first kappa shape index (κ1) is 71.0. The second-order valence-corrected chi connectivity index (χ2v) is 13.3. The van der Waals surface area contributed by atoms with Gasteiger partial charge in [0.1, 0.15) is 0 Å². The van der Waals surface area contributed by atoms with Crippen molar-refractivity contribution in [2.24, 2.45) is 35.1 Å². The van der Waals surface area contributed by atoms with Gasteiger partial charge in [0, 0.05) is 12.2 Å². The zero-order valence-electron chi connectivity index (χ0n) is 43.7. The molecule has 4 nitrogen and oxygen atoms in total. The Morgan fingerprint density at radius 1 is 0.717 bits per heavy atom. The number of likely N-dealkylation sites (tertiary alicyclic amines) is 1. The third-order valence-electron chi connectivity index (χ3n) is 9.42. The maximum absolute atomic E-state index is 5.55. The van der Waals surface area contributed by atoms with Gasteiger partial charge in [-0.2, -0.15) is 0 Å². The van der Waals surface area contributed by atoms with Gasteiger partial charge in [-0.3, -0.25) is 0 Å². The van der Waals surface area contributed by atoms with Gasteiger partial charge in [0.05, 0.1) is 6.04 Å². The lowest BCUT2D eigenvalue weighted by Crippen LogP contribution is -2.34. The van der Waals surface area contributed by atoms with Gasteiger partial charge in [0.25, 0.3) is 0 Å². The van der Waals surface area contributed by atoms with Crippen molar-refractivity contribution in [2.45, 2.75) is 181 Å². The molecule has 2 saturated carbocycles. The van der Waals surface area contributed by atoms with E-state index in [1.807, 2.05) is 115 Å². The highest BCUT2D eigenvalue weighted by Gasteiger charge is 2.32. The molecule has 0 amide bonds. The summed E-state index contributed by atoms with van der Waals surface area (Å²) < 4.78 is 0.